The van der Waals surface area contributed by atoms with Crippen molar-refractivity contribution in [3.63, 3.8) is 0 Å². The van der Waals surface area contributed by atoms with Crippen molar-refractivity contribution in [2.75, 3.05) is 52.5 Å². The summed E-state index contributed by atoms with van der Waals surface area (Å²) >= 11 is 3.57. The summed E-state index contributed by atoms with van der Waals surface area (Å²) in [5.41, 5.74) is 4.84. The van der Waals surface area contributed by atoms with Gasteiger partial charge in [0.25, 0.3) is 0 Å². The van der Waals surface area contributed by atoms with Gasteiger partial charge in [-0.15, -0.1) is 22.7 Å². The molecule has 0 radical (unpaired) electrons. The number of hydrogen-bond donors (Lipinski definition) is 6. The van der Waals surface area contributed by atoms with Gasteiger partial charge < -0.3 is 50.3 Å². The first-order valence-corrected chi connectivity index (χ1v) is 25.0. The largest absolute Gasteiger partial charge is 0.491 e. The highest BCUT2D eigenvalue weighted by molar-refractivity contribution is 7.10. The monoisotopic (exact) mass is 1000 g/mol. The van der Waals surface area contributed by atoms with E-state index in [0.717, 1.165) is 63.4 Å². The summed E-state index contributed by atoms with van der Waals surface area (Å²) in [6, 6.07) is 20.4. The predicted molar refractivity (Wildman–Crippen MR) is 272 cm³/mol. The molecule has 2 aliphatic heterocycles. The Hall–Kier alpha value is -6.34. The van der Waals surface area contributed by atoms with Crippen molar-refractivity contribution in [1.82, 2.24) is 20.4 Å². The summed E-state index contributed by atoms with van der Waals surface area (Å²) in [6.45, 7) is 17.9. The van der Waals surface area contributed by atoms with Crippen molar-refractivity contribution >= 4 is 58.4 Å². The second-order valence-corrected chi connectivity index (χ2v) is 18.9. The van der Waals surface area contributed by atoms with E-state index >= 15 is 0 Å². The van der Waals surface area contributed by atoms with Gasteiger partial charge in [0.05, 0.1) is 25.2 Å². The number of rotatable bonds is 20. The Balaban J connectivity index is 0.000000283. The molecule has 0 saturated heterocycles. The van der Waals surface area contributed by atoms with Crippen LogP contribution in [0.2, 0.25) is 0 Å². The fourth-order valence-corrected chi connectivity index (χ4v) is 8.99. The molecule has 2 amide bonds. The van der Waals surface area contributed by atoms with Crippen LogP contribution in [-0.2, 0) is 41.6 Å². The fraction of sp³-hybridized carbons (Fsp3) is 0.423. The molecular formula is C52H68N4O12S2. The zero-order chi connectivity index (χ0) is 51.6. The van der Waals surface area contributed by atoms with Crippen LogP contribution in [0.4, 0.5) is 0 Å². The molecule has 2 aliphatic rings. The third-order valence-electron chi connectivity index (χ3n) is 11.3. The van der Waals surface area contributed by atoms with Gasteiger partial charge in [-0.3, -0.25) is 9.59 Å². The summed E-state index contributed by atoms with van der Waals surface area (Å²) in [5, 5.41) is 42.1. The molecule has 6 rings (SSSR count). The molecule has 4 atom stereocenters. The molecule has 0 spiro atoms. The van der Waals surface area contributed by atoms with E-state index in [-0.39, 0.29) is 23.9 Å². The Morgan fingerprint density at radius 3 is 1.29 bits per heavy atom. The molecule has 6 N–H and O–H groups in total. The third-order valence-corrected chi connectivity index (χ3v) is 13.3. The number of thiophene rings is 2. The van der Waals surface area contributed by atoms with E-state index in [1.54, 1.807) is 22.7 Å². The lowest BCUT2D eigenvalue weighted by Gasteiger charge is -2.36. The molecule has 18 heteroatoms. The second kappa shape index (κ2) is 31.0. The zero-order valence-electron chi connectivity index (χ0n) is 40.8. The Labute approximate surface area is 418 Å². The minimum absolute atomic E-state index is 0.0154. The van der Waals surface area contributed by atoms with Crippen LogP contribution in [-0.4, -0.2) is 118 Å². The highest BCUT2D eigenvalue weighted by Crippen LogP contribution is 2.35. The van der Waals surface area contributed by atoms with Crippen LogP contribution in [0.3, 0.4) is 0 Å². The maximum atomic E-state index is 12.9. The number of ether oxygens (including phenoxy) is 2. The standard InChI is InChI=1S/2C22H30N2O2S.2C4H4O4/c2*1-4-16(2)13-23-14-22(25)24-10-8-21-19(9-11-27-21)20(24)15-26-18-7-5-6-17(3)12-18;2*5-3(6)1-2-4(7)8/h2*5-7,9,11-12,16,20,23H,4,8,10,13-15H2,1-3H3;2*1-2H,(H,5,6)(H,7,8)/b;;2*2-1-. The number of nitrogens with one attached hydrogen (secondary N) is 2. The van der Waals surface area contributed by atoms with Crippen molar-refractivity contribution in [3.8, 4) is 11.5 Å². The minimum atomic E-state index is -1.26. The number of aryl methyl sites for hydroxylation is 2. The first-order valence-electron chi connectivity index (χ1n) is 23.2. The number of fused-ring (bicyclic) bond motifs is 2. The summed E-state index contributed by atoms with van der Waals surface area (Å²) in [6.07, 6.45) is 6.34. The van der Waals surface area contributed by atoms with Crippen LogP contribution in [0.25, 0.3) is 0 Å². The number of nitrogens with zero attached hydrogens (tertiary/aromatic N) is 2. The Kier molecular flexibility index (Phi) is 25.7. The van der Waals surface area contributed by atoms with Gasteiger partial charge in [-0.1, -0.05) is 64.8 Å². The molecule has 0 bridgehead atoms. The number of hydrogen-bond acceptors (Lipinski definition) is 12. The molecule has 4 unspecified atom stereocenters. The fourth-order valence-electron chi connectivity index (χ4n) is 7.14. The molecule has 2 aromatic heterocycles. The zero-order valence-corrected chi connectivity index (χ0v) is 42.4. The van der Waals surface area contributed by atoms with E-state index < -0.39 is 23.9 Å². The number of amides is 2. The number of carbonyl (C=O) groups is 6. The van der Waals surface area contributed by atoms with Gasteiger partial charge in [0, 0.05) is 47.1 Å². The van der Waals surface area contributed by atoms with E-state index in [1.807, 2.05) is 46.2 Å². The highest BCUT2D eigenvalue weighted by Gasteiger charge is 2.33. The molecule has 4 heterocycles. The van der Waals surface area contributed by atoms with Gasteiger partial charge in [0.2, 0.25) is 11.8 Å². The molecule has 0 aliphatic carbocycles. The highest BCUT2D eigenvalue weighted by atomic mass is 32.1. The van der Waals surface area contributed by atoms with E-state index in [1.165, 1.54) is 32.0 Å². The number of aliphatic carboxylic acids is 4. The summed E-state index contributed by atoms with van der Waals surface area (Å²) in [7, 11) is 0. The summed E-state index contributed by atoms with van der Waals surface area (Å²) in [5.74, 6) is -1.81. The quantitative estimate of drug-likeness (QED) is 0.0464. The Bertz CT molecular complexity index is 2170. The normalized spacial score (nSPS) is 15.6. The lowest BCUT2D eigenvalue weighted by atomic mass is 10.0. The van der Waals surface area contributed by atoms with Crippen LogP contribution < -0.4 is 20.1 Å². The van der Waals surface area contributed by atoms with Crippen molar-refractivity contribution in [2.45, 2.75) is 79.3 Å². The van der Waals surface area contributed by atoms with E-state index in [4.69, 9.17) is 29.9 Å². The third kappa shape index (κ3) is 21.1. The van der Waals surface area contributed by atoms with Crippen LogP contribution in [0.5, 0.6) is 11.5 Å². The molecule has 0 saturated carbocycles. The average Bonchev–Trinajstić information content (AvgIpc) is 4.02. The van der Waals surface area contributed by atoms with E-state index in [0.29, 0.717) is 62.4 Å². The number of carboxylic acid groups (broad SMARTS) is 4. The predicted octanol–water partition coefficient (Wildman–Crippen LogP) is 7.82. The first-order chi connectivity index (χ1) is 33.4. The van der Waals surface area contributed by atoms with Gasteiger partial charge in [-0.2, -0.15) is 0 Å². The average molecular weight is 1010 g/mol. The van der Waals surface area contributed by atoms with Gasteiger partial charge in [-0.25, -0.2) is 19.2 Å². The molecule has 0 fully saturated rings. The summed E-state index contributed by atoms with van der Waals surface area (Å²) < 4.78 is 12.2. The van der Waals surface area contributed by atoms with Gasteiger partial charge in [0.15, 0.2) is 0 Å². The van der Waals surface area contributed by atoms with Gasteiger partial charge >= 0.3 is 23.9 Å². The van der Waals surface area contributed by atoms with E-state index in [2.05, 4.69) is 87.2 Å². The topological polar surface area (TPSA) is 232 Å². The lowest BCUT2D eigenvalue weighted by Crippen LogP contribution is -2.46. The molecule has 380 valence electrons. The molecule has 2 aromatic carbocycles. The number of carbonyl (C=O) groups excluding carboxylic acids is 2. The van der Waals surface area contributed by atoms with Crippen LogP contribution in [0.15, 0.2) is 95.7 Å². The first kappa shape index (κ1) is 58.0. The van der Waals surface area contributed by atoms with Gasteiger partial charge in [-0.05, 0) is 121 Å². The maximum absolute atomic E-state index is 12.9. The van der Waals surface area contributed by atoms with Crippen molar-refractivity contribution in [3.05, 3.63) is 128 Å². The molecule has 4 aromatic rings. The maximum Gasteiger partial charge on any atom is 0.328 e. The smallest absolute Gasteiger partial charge is 0.328 e. The van der Waals surface area contributed by atoms with Crippen molar-refractivity contribution < 1.29 is 58.7 Å². The van der Waals surface area contributed by atoms with Gasteiger partial charge in [0.1, 0.15) is 24.7 Å². The van der Waals surface area contributed by atoms with Crippen LogP contribution in [0.1, 0.15) is 84.6 Å². The molecule has 16 nitrogen and oxygen atoms in total. The molecular weight excluding hydrogens is 937 g/mol. The number of carboxylic acids is 4. The van der Waals surface area contributed by atoms with Crippen LogP contribution >= 0.6 is 22.7 Å². The summed E-state index contributed by atoms with van der Waals surface area (Å²) in [4.78, 5) is 70.7. The van der Waals surface area contributed by atoms with Crippen molar-refractivity contribution in [2.24, 2.45) is 11.8 Å². The lowest BCUT2D eigenvalue weighted by molar-refractivity contribution is -0.134. The minimum Gasteiger partial charge on any atom is -0.491 e. The second-order valence-electron chi connectivity index (χ2n) is 16.9. The Morgan fingerprint density at radius 2 is 0.971 bits per heavy atom. The van der Waals surface area contributed by atoms with Crippen molar-refractivity contribution in [1.29, 1.82) is 0 Å². The Morgan fingerprint density at radius 1 is 0.614 bits per heavy atom. The molecule has 70 heavy (non-hydrogen) atoms. The van der Waals surface area contributed by atoms with E-state index in [9.17, 15) is 28.8 Å². The van der Waals surface area contributed by atoms with Crippen LogP contribution in [0, 0.1) is 25.7 Å². The SMILES string of the molecule is CCC(C)CNCC(=O)N1CCc2sccc2C1COc1cccc(C)c1.CCC(C)CNCC(=O)N1CCc2sccc2C1COc1cccc(C)c1.O=C(O)/C=C\C(=O)O.O=C(O)/C=C\C(=O)O. The number of benzene rings is 2.